The van der Waals surface area contributed by atoms with E-state index >= 15 is 0 Å². The number of benzene rings is 2. The number of anilines is 2. The molecule has 0 aliphatic heterocycles. The van der Waals surface area contributed by atoms with Crippen LogP contribution in [0.2, 0.25) is 0 Å². The highest BCUT2D eigenvalue weighted by atomic mass is 16.2. The number of rotatable bonds is 2. The molecule has 0 saturated carbocycles. The predicted molar refractivity (Wildman–Crippen MR) is 73.9 cm³/mol. The van der Waals surface area contributed by atoms with Crippen LogP contribution in [-0.2, 0) is 0 Å². The topological polar surface area (TPSA) is 56.1 Å². The van der Waals surface area contributed by atoms with Crippen molar-refractivity contribution in [3.63, 3.8) is 0 Å². The van der Waals surface area contributed by atoms with Gasteiger partial charge in [0.1, 0.15) is 0 Å². The maximum Gasteiger partial charge on any atom is 0.339 e. The first-order valence-corrected chi connectivity index (χ1v) is 5.84. The molecule has 2 amide bonds. The third kappa shape index (κ3) is 2.72. The molecule has 94 valence electrons. The van der Waals surface area contributed by atoms with E-state index in [9.17, 15) is 4.79 Å². The molecule has 1 N–H and O–H groups in total. The van der Waals surface area contributed by atoms with Gasteiger partial charge in [0.2, 0.25) is 0 Å². The zero-order chi connectivity index (χ0) is 13.7. The van der Waals surface area contributed by atoms with Crippen LogP contribution < -0.4 is 10.2 Å². The van der Waals surface area contributed by atoms with Gasteiger partial charge in [-0.2, -0.15) is 5.26 Å². The summed E-state index contributed by atoms with van der Waals surface area (Å²) in [5.74, 6) is 0. The molecule has 19 heavy (non-hydrogen) atoms. The molecule has 0 radical (unpaired) electrons. The number of para-hydroxylation sites is 2. The van der Waals surface area contributed by atoms with Gasteiger partial charge in [-0.05, 0) is 30.7 Å². The van der Waals surface area contributed by atoms with Crippen LogP contribution in [-0.4, -0.2) is 6.03 Å². The van der Waals surface area contributed by atoms with Gasteiger partial charge in [-0.25, -0.2) is 10.1 Å². The van der Waals surface area contributed by atoms with Crippen LogP contribution in [0.25, 0.3) is 0 Å². The standard InChI is InChI=1S/C15H13N3O/c1-12-7-5-6-10-14(12)18(15(19)17-11-16)13-8-3-2-4-9-13/h2-10H,1H3,(H,17,19). The summed E-state index contributed by atoms with van der Waals surface area (Å²) in [4.78, 5) is 13.6. The lowest BCUT2D eigenvalue weighted by Gasteiger charge is -2.23. The van der Waals surface area contributed by atoms with E-state index in [0.717, 1.165) is 11.3 Å². The largest absolute Gasteiger partial charge is 0.339 e. The molecule has 0 aliphatic rings. The minimum atomic E-state index is -0.469. The number of carbonyl (C=O) groups excluding carboxylic acids is 1. The van der Waals surface area contributed by atoms with E-state index in [1.165, 1.54) is 4.90 Å². The third-order valence-corrected chi connectivity index (χ3v) is 2.74. The Morgan fingerprint density at radius 3 is 2.37 bits per heavy atom. The van der Waals surface area contributed by atoms with E-state index < -0.39 is 6.03 Å². The van der Waals surface area contributed by atoms with Crippen LogP contribution in [0.5, 0.6) is 0 Å². The third-order valence-electron chi connectivity index (χ3n) is 2.74. The van der Waals surface area contributed by atoms with Crippen LogP contribution in [0.15, 0.2) is 54.6 Å². The van der Waals surface area contributed by atoms with Crippen molar-refractivity contribution >= 4 is 17.4 Å². The molecule has 0 heterocycles. The van der Waals surface area contributed by atoms with Crippen molar-refractivity contribution in [1.82, 2.24) is 5.32 Å². The van der Waals surface area contributed by atoms with Crippen LogP contribution >= 0.6 is 0 Å². The highest BCUT2D eigenvalue weighted by molar-refractivity contribution is 6.00. The van der Waals surface area contributed by atoms with Gasteiger partial charge in [0.05, 0.1) is 11.4 Å². The summed E-state index contributed by atoms with van der Waals surface area (Å²) in [6.45, 7) is 1.92. The first-order chi connectivity index (χ1) is 9.24. The summed E-state index contributed by atoms with van der Waals surface area (Å²) in [5.41, 5.74) is 2.42. The second kappa shape index (κ2) is 5.69. The number of aryl methyl sites for hydroxylation is 1. The second-order valence-corrected chi connectivity index (χ2v) is 4.00. The van der Waals surface area contributed by atoms with Crippen LogP contribution in [0, 0.1) is 18.4 Å². The van der Waals surface area contributed by atoms with Gasteiger partial charge >= 0.3 is 6.03 Å². The fourth-order valence-electron chi connectivity index (χ4n) is 1.86. The predicted octanol–water partition coefficient (Wildman–Crippen LogP) is 3.32. The van der Waals surface area contributed by atoms with E-state index in [4.69, 9.17) is 5.26 Å². The summed E-state index contributed by atoms with van der Waals surface area (Å²) in [6, 6.07) is 16.3. The van der Waals surface area contributed by atoms with Gasteiger partial charge in [-0.1, -0.05) is 36.4 Å². The summed E-state index contributed by atoms with van der Waals surface area (Å²) in [7, 11) is 0. The summed E-state index contributed by atoms with van der Waals surface area (Å²) in [6.07, 6.45) is 1.67. The normalized spacial score (nSPS) is 9.47. The van der Waals surface area contributed by atoms with Gasteiger partial charge in [-0.15, -0.1) is 0 Å². The van der Waals surface area contributed by atoms with Gasteiger partial charge in [-0.3, -0.25) is 4.90 Å². The number of hydrogen-bond donors (Lipinski definition) is 1. The maximum atomic E-state index is 12.1. The molecule has 0 fully saturated rings. The zero-order valence-electron chi connectivity index (χ0n) is 10.5. The van der Waals surface area contributed by atoms with Gasteiger partial charge in [0.25, 0.3) is 0 Å². The molecule has 0 bridgehead atoms. The number of hydrogen-bond acceptors (Lipinski definition) is 2. The Balaban J connectivity index is 2.50. The minimum absolute atomic E-state index is 0.469. The van der Waals surface area contributed by atoms with E-state index in [1.807, 2.05) is 61.5 Å². The first kappa shape index (κ1) is 12.7. The Hall–Kier alpha value is -2.80. The second-order valence-electron chi connectivity index (χ2n) is 4.00. The average molecular weight is 251 g/mol. The molecule has 4 nitrogen and oxygen atoms in total. The Bertz CT molecular complexity index is 617. The van der Waals surface area contributed by atoms with Crippen LogP contribution in [0.3, 0.4) is 0 Å². The molecule has 0 saturated heterocycles. The molecule has 2 rings (SSSR count). The summed E-state index contributed by atoms with van der Waals surface area (Å²) in [5, 5.41) is 10.8. The monoisotopic (exact) mass is 251 g/mol. The number of nitrogens with zero attached hydrogens (tertiary/aromatic N) is 2. The fourth-order valence-corrected chi connectivity index (χ4v) is 1.86. The van der Waals surface area contributed by atoms with Gasteiger partial charge < -0.3 is 0 Å². The number of carbonyl (C=O) groups is 1. The first-order valence-electron chi connectivity index (χ1n) is 5.84. The molecule has 2 aromatic carbocycles. The van der Waals surface area contributed by atoms with Crippen molar-refractivity contribution in [1.29, 1.82) is 5.26 Å². The fraction of sp³-hybridized carbons (Fsp3) is 0.0667. The minimum Gasteiger partial charge on any atom is -0.262 e. The highest BCUT2D eigenvalue weighted by Gasteiger charge is 2.18. The molecular formula is C15H13N3O. The molecule has 4 heteroatoms. The summed E-state index contributed by atoms with van der Waals surface area (Å²) >= 11 is 0. The van der Waals surface area contributed by atoms with Crippen molar-refractivity contribution in [2.24, 2.45) is 0 Å². The van der Waals surface area contributed by atoms with E-state index in [0.29, 0.717) is 5.69 Å². The Morgan fingerprint density at radius 2 is 1.74 bits per heavy atom. The Morgan fingerprint density at radius 1 is 1.11 bits per heavy atom. The van der Waals surface area contributed by atoms with Crippen molar-refractivity contribution in [2.75, 3.05) is 4.90 Å². The maximum absolute atomic E-state index is 12.1. The summed E-state index contributed by atoms with van der Waals surface area (Å²) < 4.78 is 0. The molecule has 0 aromatic heterocycles. The average Bonchev–Trinajstić information content (AvgIpc) is 2.43. The SMILES string of the molecule is Cc1ccccc1N(C(=O)NC#N)c1ccccc1. The van der Waals surface area contributed by atoms with Gasteiger partial charge in [0, 0.05) is 0 Å². The van der Waals surface area contributed by atoms with Crippen molar-refractivity contribution < 1.29 is 4.79 Å². The number of nitriles is 1. The molecule has 0 aliphatic carbocycles. The lowest BCUT2D eigenvalue weighted by Crippen LogP contribution is -2.34. The lowest BCUT2D eigenvalue weighted by atomic mass is 10.1. The number of urea groups is 1. The lowest BCUT2D eigenvalue weighted by molar-refractivity contribution is 0.252. The van der Waals surface area contributed by atoms with Crippen molar-refractivity contribution in [3.05, 3.63) is 60.2 Å². The Kier molecular flexibility index (Phi) is 3.79. The highest BCUT2D eigenvalue weighted by Crippen LogP contribution is 2.27. The van der Waals surface area contributed by atoms with Crippen LogP contribution in [0.1, 0.15) is 5.56 Å². The smallest absolute Gasteiger partial charge is 0.262 e. The Labute approximate surface area is 111 Å². The molecule has 2 aromatic rings. The van der Waals surface area contributed by atoms with Crippen molar-refractivity contribution in [2.45, 2.75) is 6.92 Å². The number of nitrogens with one attached hydrogen (secondary N) is 1. The number of amides is 2. The van der Waals surface area contributed by atoms with E-state index in [-0.39, 0.29) is 0 Å². The zero-order valence-corrected chi connectivity index (χ0v) is 10.5. The molecule has 0 atom stereocenters. The van der Waals surface area contributed by atoms with E-state index in [2.05, 4.69) is 5.32 Å². The molecular weight excluding hydrogens is 238 g/mol. The molecule has 0 spiro atoms. The molecule has 0 unspecified atom stereocenters. The quantitative estimate of drug-likeness (QED) is 0.657. The van der Waals surface area contributed by atoms with Crippen LogP contribution in [0.4, 0.5) is 16.2 Å². The van der Waals surface area contributed by atoms with Gasteiger partial charge in [0.15, 0.2) is 6.19 Å². The van der Waals surface area contributed by atoms with Crippen molar-refractivity contribution in [3.8, 4) is 6.19 Å². The van der Waals surface area contributed by atoms with E-state index in [1.54, 1.807) is 6.19 Å².